The summed E-state index contributed by atoms with van der Waals surface area (Å²) in [6.07, 6.45) is 5.27. The molecule has 0 bridgehead atoms. The van der Waals surface area contributed by atoms with E-state index in [2.05, 4.69) is 87.8 Å². The predicted octanol–water partition coefficient (Wildman–Crippen LogP) is 8.01. The number of aromatic nitrogens is 4. The summed E-state index contributed by atoms with van der Waals surface area (Å²) < 4.78 is 10.5. The average Bonchev–Trinajstić information content (AvgIpc) is 3.59. The number of H-pyrrole nitrogens is 2. The first-order valence-electron chi connectivity index (χ1n) is 19.8. The van der Waals surface area contributed by atoms with Crippen molar-refractivity contribution in [1.82, 2.24) is 35.1 Å². The molecule has 2 saturated heterocycles. The van der Waals surface area contributed by atoms with E-state index >= 15 is 0 Å². The number of carbonyl (C=O) groups excluding carboxylic acids is 3. The second-order valence-electron chi connectivity index (χ2n) is 17.1. The molecule has 292 valence electrons. The molecule has 2 aliphatic heterocycles. The normalized spacial score (nSPS) is 23.6. The van der Waals surface area contributed by atoms with Crippen LogP contribution in [0, 0.1) is 29.6 Å². The Morgan fingerprint density at radius 3 is 2.00 bits per heavy atom. The summed E-state index contributed by atoms with van der Waals surface area (Å²) in [5.41, 5.74) is 5.39. The fourth-order valence-electron chi connectivity index (χ4n) is 8.69. The first-order chi connectivity index (χ1) is 27.3. The minimum Gasteiger partial charge on any atom is -0.453 e. The van der Waals surface area contributed by atoms with Crippen LogP contribution in [0.1, 0.15) is 77.6 Å². The highest BCUT2D eigenvalue weighted by Crippen LogP contribution is 2.53. The van der Waals surface area contributed by atoms with Gasteiger partial charge in [-0.15, -0.1) is 0 Å². The fourth-order valence-corrected chi connectivity index (χ4v) is 8.69. The molecular weight excluding hydrogens is 719 g/mol. The van der Waals surface area contributed by atoms with Crippen LogP contribution in [0.15, 0.2) is 73.1 Å². The number of rotatable bonds is 8. The number of hydrogen-bond donors (Lipinski definition) is 3. The van der Waals surface area contributed by atoms with Gasteiger partial charge in [0.25, 0.3) is 0 Å². The van der Waals surface area contributed by atoms with Gasteiger partial charge in [0, 0.05) is 11.6 Å². The summed E-state index contributed by atoms with van der Waals surface area (Å²) in [5.74, 6) is 8.25. The highest BCUT2D eigenvalue weighted by Gasteiger charge is 2.56. The monoisotopic (exact) mass is 765 g/mol. The summed E-state index contributed by atoms with van der Waals surface area (Å²) in [4.78, 5) is 59.2. The van der Waals surface area contributed by atoms with Crippen molar-refractivity contribution in [3.8, 4) is 45.5 Å². The zero-order valence-corrected chi connectivity index (χ0v) is 33.0. The molecule has 57 heavy (non-hydrogen) atoms. The second-order valence-corrected chi connectivity index (χ2v) is 17.1. The number of benzene rings is 3. The number of alkyl carbamates (subject to hydrolysis) is 1. The van der Waals surface area contributed by atoms with Crippen molar-refractivity contribution in [2.45, 2.75) is 89.7 Å². The molecule has 2 aliphatic carbocycles. The molecule has 0 spiro atoms. The van der Waals surface area contributed by atoms with Crippen molar-refractivity contribution in [2.24, 2.45) is 17.8 Å². The molecule has 3 fully saturated rings. The SMILES string of the molecule is COC(=O)N[C@H](C(=O)N1[C@@H]2C[C@@H]2C[C@H]1c1ncc(-c2ccc(-c3ccc4cc(-c5cnc([C@@H]6C[C@H]7C#C[C@H]7N6C(=O)OC(C)(C)C)[nH]5)ccc4c3)cc2)[nH]1)C(C)C. The predicted molar refractivity (Wildman–Crippen MR) is 215 cm³/mol. The van der Waals surface area contributed by atoms with E-state index in [1.807, 2.05) is 51.9 Å². The van der Waals surface area contributed by atoms with Gasteiger partial charge in [0.15, 0.2) is 0 Å². The molecule has 1 saturated carbocycles. The molecule has 0 unspecified atom stereocenters. The summed E-state index contributed by atoms with van der Waals surface area (Å²) in [5, 5.41) is 4.97. The van der Waals surface area contributed by atoms with E-state index < -0.39 is 17.7 Å². The zero-order chi connectivity index (χ0) is 39.7. The number of nitrogens with zero attached hydrogens (tertiary/aromatic N) is 4. The molecule has 3 aromatic carbocycles. The third kappa shape index (κ3) is 6.79. The molecule has 12 heteroatoms. The standard InChI is InChI=1S/C45H47N7O5/c1-24(2)39(50-43(54)56-6)42(53)51-36-20-32(36)21-37(51)40-46-22-33(48-40)26-9-7-25(8-10-26)27-11-12-29-18-30(14-13-28(29)17-27)34-23-47-41(49-34)38-19-31-15-16-35(31)52(38)44(55)57-45(3,4)5/h7-14,17-18,22-24,31-32,35-39H,19-21H2,1-6H3,(H,46,48)(H,47,49)(H,50,54)/t31-,32-,35-,36-,37+,38+,39+/m1/s1. The fraction of sp³-hybridized carbons (Fsp3) is 0.400. The number of methoxy groups -OCH3 is 1. The molecule has 3 N–H and O–H groups in total. The number of imidazole rings is 2. The van der Waals surface area contributed by atoms with Gasteiger partial charge >= 0.3 is 12.2 Å². The Hall–Kier alpha value is -6.09. The molecule has 2 aromatic heterocycles. The quantitative estimate of drug-likeness (QED) is 0.136. The Morgan fingerprint density at radius 2 is 1.39 bits per heavy atom. The van der Waals surface area contributed by atoms with Crippen molar-refractivity contribution in [3.63, 3.8) is 0 Å². The van der Waals surface area contributed by atoms with E-state index in [1.54, 1.807) is 4.90 Å². The number of nitrogens with one attached hydrogen (secondary N) is 3. The van der Waals surface area contributed by atoms with Gasteiger partial charge in [0.05, 0.1) is 48.9 Å². The summed E-state index contributed by atoms with van der Waals surface area (Å²) in [7, 11) is 1.31. The second kappa shape index (κ2) is 13.8. The number of piperidine rings is 1. The molecule has 12 nitrogen and oxygen atoms in total. The van der Waals surface area contributed by atoms with Crippen molar-refractivity contribution < 1.29 is 23.9 Å². The van der Waals surface area contributed by atoms with Crippen LogP contribution in [0.3, 0.4) is 0 Å². The van der Waals surface area contributed by atoms with E-state index in [0.29, 0.717) is 5.92 Å². The summed E-state index contributed by atoms with van der Waals surface area (Å²) >= 11 is 0. The number of amides is 3. The van der Waals surface area contributed by atoms with Crippen molar-refractivity contribution in [1.29, 1.82) is 0 Å². The maximum absolute atomic E-state index is 13.8. The Labute approximate surface area is 331 Å². The van der Waals surface area contributed by atoms with Crippen LogP contribution < -0.4 is 5.32 Å². The number of hydrogen-bond acceptors (Lipinski definition) is 7. The van der Waals surface area contributed by atoms with Crippen LogP contribution in [0.5, 0.6) is 0 Å². The van der Waals surface area contributed by atoms with Crippen LogP contribution in [-0.2, 0) is 14.3 Å². The Balaban J connectivity index is 0.887. The van der Waals surface area contributed by atoms with Gasteiger partial charge in [-0.25, -0.2) is 19.6 Å². The van der Waals surface area contributed by atoms with Gasteiger partial charge in [-0.05, 0) is 91.5 Å². The first kappa shape index (κ1) is 36.5. The van der Waals surface area contributed by atoms with E-state index in [4.69, 9.17) is 19.4 Å². The third-order valence-corrected chi connectivity index (χ3v) is 11.8. The number of likely N-dealkylation sites (tertiary alicyclic amines) is 2. The van der Waals surface area contributed by atoms with E-state index in [9.17, 15) is 14.4 Å². The van der Waals surface area contributed by atoms with Crippen molar-refractivity contribution in [3.05, 3.63) is 84.7 Å². The highest BCUT2D eigenvalue weighted by atomic mass is 16.6. The van der Waals surface area contributed by atoms with Gasteiger partial charge in [-0.1, -0.05) is 74.2 Å². The molecule has 9 rings (SSSR count). The van der Waals surface area contributed by atoms with Gasteiger partial charge in [0.2, 0.25) is 5.91 Å². The summed E-state index contributed by atoms with van der Waals surface area (Å²) in [6, 6.07) is 20.2. The van der Waals surface area contributed by atoms with Gasteiger partial charge in [-0.2, -0.15) is 0 Å². The topological polar surface area (TPSA) is 146 Å². The molecule has 5 aromatic rings. The average molecular weight is 766 g/mol. The van der Waals surface area contributed by atoms with Gasteiger partial charge in [-0.3, -0.25) is 9.69 Å². The molecule has 3 amide bonds. The first-order valence-corrected chi connectivity index (χ1v) is 19.8. The largest absolute Gasteiger partial charge is 0.453 e. The Bertz CT molecular complexity index is 2450. The lowest BCUT2D eigenvalue weighted by Crippen LogP contribution is -2.52. The minimum absolute atomic E-state index is 0.0918. The van der Waals surface area contributed by atoms with Gasteiger partial charge in [0.1, 0.15) is 29.3 Å². The van der Waals surface area contributed by atoms with Crippen LogP contribution in [0.4, 0.5) is 9.59 Å². The van der Waals surface area contributed by atoms with Crippen LogP contribution in [0.2, 0.25) is 0 Å². The van der Waals surface area contributed by atoms with Crippen LogP contribution in [0.25, 0.3) is 44.4 Å². The maximum Gasteiger partial charge on any atom is 0.411 e. The number of fused-ring (bicyclic) bond motifs is 3. The molecule has 7 atom stereocenters. The number of carbonyl (C=O) groups is 3. The third-order valence-electron chi connectivity index (χ3n) is 11.8. The molecule has 0 radical (unpaired) electrons. The Kier molecular flexibility index (Phi) is 8.87. The number of aromatic amines is 2. The zero-order valence-electron chi connectivity index (χ0n) is 33.0. The lowest BCUT2D eigenvalue weighted by atomic mass is 9.92. The van der Waals surface area contributed by atoms with E-state index in [1.165, 1.54) is 7.11 Å². The molecular formula is C45H47N7O5. The van der Waals surface area contributed by atoms with Crippen LogP contribution >= 0.6 is 0 Å². The van der Waals surface area contributed by atoms with E-state index in [-0.39, 0.29) is 48.0 Å². The van der Waals surface area contributed by atoms with Crippen molar-refractivity contribution in [2.75, 3.05) is 7.11 Å². The minimum atomic E-state index is -0.670. The van der Waals surface area contributed by atoms with Crippen LogP contribution in [-0.4, -0.2) is 78.7 Å². The number of ether oxygens (including phenoxy) is 2. The van der Waals surface area contributed by atoms with E-state index in [0.717, 1.165) is 75.3 Å². The van der Waals surface area contributed by atoms with Gasteiger partial charge < -0.3 is 29.7 Å². The Morgan fingerprint density at radius 1 is 0.789 bits per heavy atom. The molecule has 4 aliphatic rings. The lowest BCUT2D eigenvalue weighted by Gasteiger charge is -2.31. The lowest BCUT2D eigenvalue weighted by molar-refractivity contribution is -0.136. The smallest absolute Gasteiger partial charge is 0.411 e. The maximum atomic E-state index is 13.8. The summed E-state index contributed by atoms with van der Waals surface area (Å²) in [6.45, 7) is 9.47. The molecule has 4 heterocycles. The highest BCUT2D eigenvalue weighted by molar-refractivity contribution is 5.91. The van der Waals surface area contributed by atoms with Crippen molar-refractivity contribution >= 4 is 28.9 Å².